The third kappa shape index (κ3) is 3.55. The monoisotopic (exact) mass is 418 g/mol. The largest absolute Gasteiger partial charge is 0.493 e. The van der Waals surface area contributed by atoms with Crippen LogP contribution in [0.1, 0.15) is 28.4 Å². The van der Waals surface area contributed by atoms with E-state index in [0.29, 0.717) is 33.8 Å². The first kappa shape index (κ1) is 20.1. The van der Waals surface area contributed by atoms with Crippen molar-refractivity contribution >= 4 is 27.2 Å². The molecule has 1 N–H and O–H groups in total. The number of halogens is 1. The number of hydrogen-bond acceptors (Lipinski definition) is 5. The molecule has 0 fully saturated rings. The van der Waals surface area contributed by atoms with E-state index >= 15 is 0 Å². The van der Waals surface area contributed by atoms with Crippen LogP contribution >= 0.6 is 11.6 Å². The van der Waals surface area contributed by atoms with E-state index in [0.717, 1.165) is 6.26 Å². The number of aromatic nitrogens is 2. The third-order valence-electron chi connectivity index (χ3n) is 4.56. The van der Waals surface area contributed by atoms with Crippen molar-refractivity contribution < 1.29 is 18.3 Å². The zero-order valence-corrected chi connectivity index (χ0v) is 17.2. The van der Waals surface area contributed by atoms with Gasteiger partial charge in [0.15, 0.2) is 15.6 Å². The molecule has 3 rings (SSSR count). The Hall–Kier alpha value is -2.64. The topological polar surface area (TPSA) is 89.3 Å². The maximum absolute atomic E-state index is 13.0. The van der Waals surface area contributed by atoms with E-state index in [1.807, 2.05) is 0 Å². The Morgan fingerprint density at radius 3 is 2.32 bits per heavy atom. The van der Waals surface area contributed by atoms with Gasteiger partial charge in [0.05, 0.1) is 11.1 Å². The van der Waals surface area contributed by atoms with Gasteiger partial charge in [0.1, 0.15) is 5.56 Å². The molecular formula is C20H19ClN2O4S. The molecule has 0 aliphatic heterocycles. The van der Waals surface area contributed by atoms with Gasteiger partial charge in [0.25, 0.3) is 0 Å². The van der Waals surface area contributed by atoms with Crippen LogP contribution in [0.25, 0.3) is 11.1 Å². The Balaban J connectivity index is 2.24. The lowest BCUT2D eigenvalue weighted by Gasteiger charge is -2.15. The summed E-state index contributed by atoms with van der Waals surface area (Å²) in [6.07, 6.45) is 2.44. The molecule has 0 saturated carbocycles. The quantitative estimate of drug-likeness (QED) is 0.635. The standard InChI is InChI=1S/C20H19ClN2O4S/c1-4-23-20(25)16(11-22-23)19(24)15-9-10-17(28(3,26)27)18(12(15)2)13-5-7-14(21)8-6-13/h5-11,25H,4H2,1-3H3. The van der Waals surface area contributed by atoms with Gasteiger partial charge in [-0.2, -0.15) is 5.10 Å². The van der Waals surface area contributed by atoms with Crippen molar-refractivity contribution in [3.63, 3.8) is 0 Å². The van der Waals surface area contributed by atoms with Crippen molar-refractivity contribution in [1.82, 2.24) is 9.78 Å². The van der Waals surface area contributed by atoms with Gasteiger partial charge in [-0.25, -0.2) is 13.1 Å². The first-order chi connectivity index (χ1) is 13.1. The highest BCUT2D eigenvalue weighted by Crippen LogP contribution is 2.35. The van der Waals surface area contributed by atoms with Crippen LogP contribution in [-0.4, -0.2) is 35.3 Å². The van der Waals surface area contributed by atoms with Crippen molar-refractivity contribution in [2.45, 2.75) is 25.3 Å². The van der Waals surface area contributed by atoms with Gasteiger partial charge in [-0.05, 0) is 49.2 Å². The molecule has 3 aromatic rings. The van der Waals surface area contributed by atoms with Crippen LogP contribution in [0.5, 0.6) is 5.88 Å². The number of sulfone groups is 1. The summed E-state index contributed by atoms with van der Waals surface area (Å²) in [6, 6.07) is 9.62. The average molecular weight is 419 g/mol. The van der Waals surface area contributed by atoms with Gasteiger partial charge < -0.3 is 5.11 Å². The van der Waals surface area contributed by atoms with Gasteiger partial charge in [0.2, 0.25) is 5.88 Å². The van der Waals surface area contributed by atoms with Gasteiger partial charge in [-0.3, -0.25) is 4.79 Å². The molecule has 0 spiro atoms. The lowest BCUT2D eigenvalue weighted by molar-refractivity contribution is 0.103. The summed E-state index contributed by atoms with van der Waals surface area (Å²) in [7, 11) is -3.54. The molecule has 1 heterocycles. The molecule has 8 heteroatoms. The highest BCUT2D eigenvalue weighted by atomic mass is 35.5. The molecule has 146 valence electrons. The predicted octanol–water partition coefficient (Wildman–Crippen LogP) is 3.87. The molecule has 0 atom stereocenters. The van der Waals surface area contributed by atoms with E-state index in [1.165, 1.54) is 23.0 Å². The second kappa shape index (κ2) is 7.41. The van der Waals surface area contributed by atoms with Crippen LogP contribution in [-0.2, 0) is 16.4 Å². The van der Waals surface area contributed by atoms with Gasteiger partial charge in [0, 0.05) is 29.0 Å². The number of aromatic hydroxyl groups is 1. The van der Waals surface area contributed by atoms with Crippen molar-refractivity contribution in [2.24, 2.45) is 0 Å². The smallest absolute Gasteiger partial charge is 0.220 e. The Kier molecular flexibility index (Phi) is 5.32. The van der Waals surface area contributed by atoms with Gasteiger partial charge in [-0.15, -0.1) is 0 Å². The molecule has 0 aliphatic carbocycles. The van der Waals surface area contributed by atoms with Crippen LogP contribution in [0.15, 0.2) is 47.5 Å². The summed E-state index contributed by atoms with van der Waals surface area (Å²) in [6.45, 7) is 3.90. The fourth-order valence-corrected chi connectivity index (χ4v) is 4.22. The zero-order valence-electron chi connectivity index (χ0n) is 15.6. The molecule has 0 saturated heterocycles. The lowest BCUT2D eigenvalue weighted by Crippen LogP contribution is -2.08. The number of rotatable bonds is 5. The minimum Gasteiger partial charge on any atom is -0.493 e. The summed E-state index contributed by atoms with van der Waals surface area (Å²) < 4.78 is 26.0. The van der Waals surface area contributed by atoms with Crippen molar-refractivity contribution in [3.05, 3.63) is 64.3 Å². The van der Waals surface area contributed by atoms with E-state index < -0.39 is 15.6 Å². The molecule has 1 aromatic heterocycles. The maximum atomic E-state index is 13.0. The van der Waals surface area contributed by atoms with Crippen molar-refractivity contribution in [1.29, 1.82) is 0 Å². The SMILES string of the molecule is CCn1ncc(C(=O)c2ccc(S(C)(=O)=O)c(-c3ccc(Cl)cc3)c2C)c1O. The highest BCUT2D eigenvalue weighted by Gasteiger charge is 2.24. The Bertz CT molecular complexity index is 1170. The molecular weight excluding hydrogens is 400 g/mol. The summed E-state index contributed by atoms with van der Waals surface area (Å²) in [4.78, 5) is 13.2. The molecule has 0 bridgehead atoms. The number of benzene rings is 2. The van der Waals surface area contributed by atoms with E-state index in [4.69, 9.17) is 11.6 Å². The number of ketones is 1. The second-order valence-electron chi connectivity index (χ2n) is 6.42. The first-order valence-electron chi connectivity index (χ1n) is 8.54. The normalized spacial score (nSPS) is 11.6. The molecule has 2 aromatic carbocycles. The second-order valence-corrected chi connectivity index (χ2v) is 8.84. The average Bonchev–Trinajstić information content (AvgIpc) is 3.01. The Labute approximate surface area is 168 Å². The molecule has 6 nitrogen and oxygen atoms in total. The van der Waals surface area contributed by atoms with Gasteiger partial charge in [-0.1, -0.05) is 23.7 Å². The van der Waals surface area contributed by atoms with Crippen molar-refractivity contribution in [3.8, 4) is 17.0 Å². The fraction of sp³-hybridized carbons (Fsp3) is 0.200. The summed E-state index contributed by atoms with van der Waals surface area (Å²) in [5.41, 5.74) is 1.93. The van der Waals surface area contributed by atoms with E-state index in [1.54, 1.807) is 38.1 Å². The highest BCUT2D eigenvalue weighted by molar-refractivity contribution is 7.90. The summed E-state index contributed by atoms with van der Waals surface area (Å²) in [5, 5.41) is 14.7. The molecule has 0 amide bonds. The van der Waals surface area contributed by atoms with Gasteiger partial charge >= 0.3 is 0 Å². The van der Waals surface area contributed by atoms with Crippen LogP contribution < -0.4 is 0 Å². The Morgan fingerprint density at radius 2 is 1.79 bits per heavy atom. The third-order valence-corrected chi connectivity index (χ3v) is 5.95. The van der Waals surface area contributed by atoms with Crippen LogP contribution in [0.4, 0.5) is 0 Å². The van der Waals surface area contributed by atoms with Crippen LogP contribution in [0, 0.1) is 6.92 Å². The molecule has 0 unspecified atom stereocenters. The molecule has 0 aliphatic rings. The number of carbonyl (C=O) groups excluding carboxylic acids is 1. The fourth-order valence-electron chi connectivity index (χ4n) is 3.13. The number of aryl methyl sites for hydroxylation is 1. The maximum Gasteiger partial charge on any atom is 0.220 e. The lowest BCUT2D eigenvalue weighted by atomic mass is 9.93. The van der Waals surface area contributed by atoms with Crippen LogP contribution in [0.2, 0.25) is 5.02 Å². The Morgan fingerprint density at radius 1 is 1.14 bits per heavy atom. The summed E-state index contributed by atoms with van der Waals surface area (Å²) >= 11 is 5.95. The molecule has 0 radical (unpaired) electrons. The first-order valence-corrected chi connectivity index (χ1v) is 10.8. The number of nitrogens with zero attached hydrogens (tertiary/aromatic N) is 2. The minimum absolute atomic E-state index is 0.0686. The van der Waals surface area contributed by atoms with E-state index in [-0.39, 0.29) is 16.3 Å². The minimum atomic E-state index is -3.54. The zero-order chi connectivity index (χ0) is 20.6. The summed E-state index contributed by atoms with van der Waals surface area (Å²) in [5.74, 6) is -0.642. The van der Waals surface area contributed by atoms with Crippen molar-refractivity contribution in [2.75, 3.05) is 6.26 Å². The van der Waals surface area contributed by atoms with Crippen LogP contribution in [0.3, 0.4) is 0 Å². The van der Waals surface area contributed by atoms with E-state index in [2.05, 4.69) is 5.10 Å². The number of carbonyl (C=O) groups is 1. The van der Waals surface area contributed by atoms with E-state index in [9.17, 15) is 18.3 Å². The number of hydrogen-bond donors (Lipinski definition) is 1. The predicted molar refractivity (Wildman–Crippen MR) is 108 cm³/mol. The molecule has 28 heavy (non-hydrogen) atoms.